The van der Waals surface area contributed by atoms with Crippen molar-refractivity contribution in [3.63, 3.8) is 0 Å². The quantitative estimate of drug-likeness (QED) is 0.420. The summed E-state index contributed by atoms with van der Waals surface area (Å²) in [6, 6.07) is 10.4. The van der Waals surface area contributed by atoms with Gasteiger partial charge >= 0.3 is 0 Å². The maximum Gasteiger partial charge on any atom is 0.258 e. The van der Waals surface area contributed by atoms with E-state index in [1.807, 2.05) is 12.1 Å². The third-order valence-electron chi connectivity index (χ3n) is 4.50. The molecule has 0 spiro atoms. The van der Waals surface area contributed by atoms with Crippen LogP contribution in [-0.4, -0.2) is 9.97 Å². The van der Waals surface area contributed by atoms with Crippen LogP contribution in [0.25, 0.3) is 43.1 Å². The van der Waals surface area contributed by atoms with Gasteiger partial charge in [-0.2, -0.15) is 0 Å². The summed E-state index contributed by atoms with van der Waals surface area (Å²) in [7, 11) is 0. The highest BCUT2D eigenvalue weighted by Crippen LogP contribution is 2.27. The van der Waals surface area contributed by atoms with Gasteiger partial charge in [0, 0.05) is 0 Å². The number of aromatic nitrogens is 2. The molecule has 0 bridgehead atoms. The highest BCUT2D eigenvalue weighted by Gasteiger charge is 2.11. The maximum absolute atomic E-state index is 11.8. The van der Waals surface area contributed by atoms with E-state index in [4.69, 9.17) is 0 Å². The summed E-state index contributed by atoms with van der Waals surface area (Å²) in [4.78, 5) is 51.7. The lowest BCUT2D eigenvalue weighted by molar-refractivity contribution is 1.26. The average Bonchev–Trinajstić information content (AvgIpc) is 2.98. The van der Waals surface area contributed by atoms with E-state index in [1.165, 1.54) is 0 Å². The molecule has 0 saturated carbocycles. The van der Waals surface area contributed by atoms with Gasteiger partial charge in [-0.1, -0.05) is 0 Å². The largest absolute Gasteiger partial charge is 0.288 e. The lowest BCUT2D eigenvalue weighted by atomic mass is 10.00. The third kappa shape index (κ3) is 1.54. The first-order chi connectivity index (χ1) is 11.5. The Morgan fingerprint density at radius 1 is 0.417 bits per heavy atom. The summed E-state index contributed by atoms with van der Waals surface area (Å²) in [6.45, 7) is 0. The number of rotatable bonds is 0. The van der Waals surface area contributed by atoms with Gasteiger partial charge < -0.3 is 0 Å². The van der Waals surface area contributed by atoms with Crippen molar-refractivity contribution in [2.75, 3.05) is 0 Å². The Kier molecular flexibility index (Phi) is 2.19. The number of hydrogen-bond acceptors (Lipinski definition) is 4. The molecule has 0 amide bonds. The minimum absolute atomic E-state index is 0.348. The molecule has 114 valence electrons. The second-order valence-electron chi connectivity index (χ2n) is 5.91. The molecule has 5 aromatic rings. The van der Waals surface area contributed by atoms with Gasteiger partial charge in [0.05, 0.1) is 21.5 Å². The molecular weight excluding hydrogens is 308 g/mol. The topological polar surface area (TPSA) is 99.9 Å². The predicted molar refractivity (Wildman–Crippen MR) is 92.6 cm³/mol. The second-order valence-corrected chi connectivity index (χ2v) is 5.91. The standard InChI is InChI=1S/C18H8N2O4/c21-15-11-3-7-1-8-4-12-14(18(24)20-16(12)22)6-10(8)2-9(7)5-13(11)17(23)19-15/h1-6H,(H,19,21,23)(H,20,22,24). The van der Waals surface area contributed by atoms with Gasteiger partial charge in [-0.25, -0.2) is 0 Å². The Labute approximate surface area is 131 Å². The van der Waals surface area contributed by atoms with E-state index in [2.05, 4.69) is 9.97 Å². The summed E-state index contributed by atoms with van der Waals surface area (Å²) in [5, 5.41) is 4.54. The molecule has 0 aliphatic rings. The molecule has 2 aromatic heterocycles. The molecule has 24 heavy (non-hydrogen) atoms. The lowest BCUT2D eigenvalue weighted by Crippen LogP contribution is -2.05. The number of aromatic amines is 2. The van der Waals surface area contributed by atoms with Crippen molar-refractivity contribution < 1.29 is 0 Å². The van der Waals surface area contributed by atoms with Crippen molar-refractivity contribution in [2.24, 2.45) is 0 Å². The van der Waals surface area contributed by atoms with Gasteiger partial charge in [-0.3, -0.25) is 29.1 Å². The lowest BCUT2D eigenvalue weighted by Gasteiger charge is -2.03. The van der Waals surface area contributed by atoms with Crippen molar-refractivity contribution in [2.45, 2.75) is 0 Å². The zero-order valence-corrected chi connectivity index (χ0v) is 12.1. The molecule has 0 radical (unpaired) electrons. The molecule has 0 aliphatic heterocycles. The van der Waals surface area contributed by atoms with E-state index in [1.54, 1.807) is 24.3 Å². The van der Waals surface area contributed by atoms with E-state index in [9.17, 15) is 19.2 Å². The first-order valence-electron chi connectivity index (χ1n) is 7.28. The van der Waals surface area contributed by atoms with E-state index < -0.39 is 22.2 Å². The Bertz CT molecular complexity index is 1300. The Morgan fingerprint density at radius 3 is 0.917 bits per heavy atom. The number of hydrogen-bond donors (Lipinski definition) is 2. The minimum Gasteiger partial charge on any atom is -0.288 e. The van der Waals surface area contributed by atoms with Crippen LogP contribution in [0.5, 0.6) is 0 Å². The number of nitrogens with one attached hydrogen (secondary N) is 2. The van der Waals surface area contributed by atoms with Crippen LogP contribution in [0.15, 0.2) is 55.6 Å². The Balaban J connectivity index is 2.01. The molecule has 0 unspecified atom stereocenters. The van der Waals surface area contributed by atoms with Crippen molar-refractivity contribution in [3.8, 4) is 0 Å². The number of benzene rings is 3. The molecule has 6 nitrogen and oxygen atoms in total. The third-order valence-corrected chi connectivity index (χ3v) is 4.50. The first-order valence-corrected chi connectivity index (χ1v) is 7.28. The fraction of sp³-hybridized carbons (Fsp3) is 0. The van der Waals surface area contributed by atoms with Crippen LogP contribution in [0.1, 0.15) is 0 Å². The predicted octanol–water partition coefficient (Wildman–Crippen LogP) is 1.27. The van der Waals surface area contributed by atoms with Crippen molar-refractivity contribution in [1.29, 1.82) is 0 Å². The molecule has 2 N–H and O–H groups in total. The van der Waals surface area contributed by atoms with Crippen LogP contribution in [0.2, 0.25) is 0 Å². The average molecular weight is 316 g/mol. The monoisotopic (exact) mass is 316 g/mol. The van der Waals surface area contributed by atoms with Crippen molar-refractivity contribution in [3.05, 3.63) is 77.8 Å². The van der Waals surface area contributed by atoms with Gasteiger partial charge in [0.2, 0.25) is 0 Å². The molecule has 6 heteroatoms. The van der Waals surface area contributed by atoms with Gasteiger partial charge in [0.1, 0.15) is 0 Å². The van der Waals surface area contributed by atoms with Crippen LogP contribution < -0.4 is 22.2 Å². The molecule has 5 rings (SSSR count). The molecule has 0 fully saturated rings. The highest BCUT2D eigenvalue weighted by atomic mass is 16.2. The fourth-order valence-corrected chi connectivity index (χ4v) is 3.33. The van der Waals surface area contributed by atoms with Crippen LogP contribution >= 0.6 is 0 Å². The van der Waals surface area contributed by atoms with Gasteiger partial charge in [-0.15, -0.1) is 0 Å². The molecule has 0 aliphatic carbocycles. The summed E-state index contributed by atoms with van der Waals surface area (Å²) < 4.78 is 0. The zero-order valence-electron chi connectivity index (χ0n) is 12.1. The number of H-pyrrole nitrogens is 2. The summed E-state index contributed by atoms with van der Waals surface area (Å²) >= 11 is 0. The van der Waals surface area contributed by atoms with Crippen molar-refractivity contribution >= 4 is 43.1 Å². The maximum atomic E-state index is 11.8. The molecule has 3 aromatic carbocycles. The smallest absolute Gasteiger partial charge is 0.258 e. The fourth-order valence-electron chi connectivity index (χ4n) is 3.33. The zero-order chi connectivity index (χ0) is 16.6. The van der Waals surface area contributed by atoms with Crippen LogP contribution in [0.4, 0.5) is 0 Å². The summed E-state index contributed by atoms with van der Waals surface area (Å²) in [5.41, 5.74) is -1.63. The van der Waals surface area contributed by atoms with Crippen LogP contribution in [0.3, 0.4) is 0 Å². The number of fused-ring (bicyclic) bond motifs is 4. The summed E-state index contributed by atoms with van der Waals surface area (Å²) in [5.74, 6) is 0. The summed E-state index contributed by atoms with van der Waals surface area (Å²) in [6.07, 6.45) is 0. The second kappa shape index (κ2) is 4.05. The van der Waals surface area contributed by atoms with Crippen LogP contribution in [0, 0.1) is 0 Å². The minimum atomic E-state index is -0.407. The Hall–Kier alpha value is -3.54. The van der Waals surface area contributed by atoms with E-state index >= 15 is 0 Å². The van der Waals surface area contributed by atoms with E-state index in [0.29, 0.717) is 21.5 Å². The Morgan fingerprint density at radius 2 is 0.667 bits per heavy atom. The first kappa shape index (κ1) is 13.0. The van der Waals surface area contributed by atoms with Crippen molar-refractivity contribution in [1.82, 2.24) is 9.97 Å². The highest BCUT2D eigenvalue weighted by molar-refractivity contribution is 6.07. The molecule has 0 atom stereocenters. The molecule has 2 heterocycles. The van der Waals surface area contributed by atoms with E-state index in [0.717, 1.165) is 21.5 Å². The SMILES string of the molecule is O=c1[nH]c(=O)c2cc3cc4cc5c(=O)[nH]c(=O)c5cc4cc3cc12. The van der Waals surface area contributed by atoms with E-state index in [-0.39, 0.29) is 0 Å². The van der Waals surface area contributed by atoms with Gasteiger partial charge in [-0.05, 0) is 57.9 Å². The van der Waals surface area contributed by atoms with Crippen LogP contribution in [-0.2, 0) is 0 Å². The normalized spacial score (nSPS) is 12.0. The van der Waals surface area contributed by atoms with Gasteiger partial charge in [0.25, 0.3) is 22.2 Å². The molecule has 0 saturated heterocycles. The molecular formula is C18H8N2O4. The van der Waals surface area contributed by atoms with Gasteiger partial charge in [0.15, 0.2) is 0 Å².